The van der Waals surface area contributed by atoms with Crippen LogP contribution in [-0.4, -0.2) is 51.8 Å². The summed E-state index contributed by atoms with van der Waals surface area (Å²) in [5.41, 5.74) is 0. The molecular formula is C14H20N2O5S. The first-order chi connectivity index (χ1) is 10.4. The molecule has 7 nitrogen and oxygen atoms in total. The SMILES string of the molecule is COc1ccc(OCCN2CC(CS(N)(=O)=O)CC2=O)cc1. The molecule has 122 valence electrons. The summed E-state index contributed by atoms with van der Waals surface area (Å²) in [6, 6.07) is 7.15. The molecule has 1 fully saturated rings. The van der Waals surface area contributed by atoms with Gasteiger partial charge in [-0.15, -0.1) is 0 Å². The summed E-state index contributed by atoms with van der Waals surface area (Å²) in [7, 11) is -1.96. The number of primary sulfonamides is 1. The lowest BCUT2D eigenvalue weighted by atomic mass is 10.1. The van der Waals surface area contributed by atoms with Gasteiger partial charge in [0, 0.05) is 18.9 Å². The summed E-state index contributed by atoms with van der Waals surface area (Å²) in [5.74, 6) is 0.978. The molecule has 8 heteroatoms. The monoisotopic (exact) mass is 328 g/mol. The largest absolute Gasteiger partial charge is 0.497 e. The van der Waals surface area contributed by atoms with Gasteiger partial charge in [-0.3, -0.25) is 4.79 Å². The number of carbonyl (C=O) groups is 1. The van der Waals surface area contributed by atoms with Crippen LogP contribution in [0.5, 0.6) is 11.5 Å². The maximum atomic E-state index is 11.8. The zero-order valence-corrected chi connectivity index (χ0v) is 13.2. The van der Waals surface area contributed by atoms with E-state index in [-0.39, 0.29) is 24.0 Å². The number of rotatable bonds is 7. The first-order valence-corrected chi connectivity index (χ1v) is 8.64. The zero-order chi connectivity index (χ0) is 16.2. The fraction of sp³-hybridized carbons (Fsp3) is 0.500. The van der Waals surface area contributed by atoms with E-state index in [1.54, 1.807) is 36.3 Å². The predicted octanol–water partition coefficient (Wildman–Crippen LogP) is 0.211. The number of ether oxygens (including phenoxy) is 2. The summed E-state index contributed by atoms with van der Waals surface area (Å²) in [6.45, 7) is 1.17. The summed E-state index contributed by atoms with van der Waals surface area (Å²) >= 11 is 0. The molecule has 1 aromatic rings. The number of sulfonamides is 1. The van der Waals surface area contributed by atoms with Gasteiger partial charge in [-0.05, 0) is 24.3 Å². The quantitative estimate of drug-likeness (QED) is 0.771. The van der Waals surface area contributed by atoms with Crippen molar-refractivity contribution in [3.05, 3.63) is 24.3 Å². The smallest absolute Gasteiger partial charge is 0.223 e. The molecule has 1 atom stereocenters. The van der Waals surface area contributed by atoms with Crippen LogP contribution in [0.1, 0.15) is 6.42 Å². The molecule has 0 aromatic heterocycles. The van der Waals surface area contributed by atoms with Gasteiger partial charge in [-0.25, -0.2) is 13.6 Å². The Bertz CT molecular complexity index is 615. The Balaban J connectivity index is 1.78. The van der Waals surface area contributed by atoms with Crippen molar-refractivity contribution in [1.29, 1.82) is 0 Å². The molecule has 0 saturated carbocycles. The Kier molecular flexibility index (Phi) is 5.25. The summed E-state index contributed by atoms with van der Waals surface area (Å²) < 4.78 is 32.7. The van der Waals surface area contributed by atoms with E-state index in [0.29, 0.717) is 25.4 Å². The van der Waals surface area contributed by atoms with Gasteiger partial charge in [0.05, 0.1) is 19.4 Å². The third kappa shape index (κ3) is 4.88. The van der Waals surface area contributed by atoms with E-state index in [1.165, 1.54) is 0 Å². The van der Waals surface area contributed by atoms with Crippen LogP contribution in [0.15, 0.2) is 24.3 Å². The van der Waals surface area contributed by atoms with Crippen molar-refractivity contribution in [2.24, 2.45) is 11.1 Å². The van der Waals surface area contributed by atoms with Crippen LogP contribution in [0.4, 0.5) is 0 Å². The number of nitrogens with two attached hydrogens (primary N) is 1. The van der Waals surface area contributed by atoms with Crippen molar-refractivity contribution < 1.29 is 22.7 Å². The van der Waals surface area contributed by atoms with Crippen LogP contribution < -0.4 is 14.6 Å². The van der Waals surface area contributed by atoms with E-state index in [2.05, 4.69) is 0 Å². The highest BCUT2D eigenvalue weighted by Crippen LogP contribution is 2.20. The van der Waals surface area contributed by atoms with Crippen molar-refractivity contribution >= 4 is 15.9 Å². The van der Waals surface area contributed by atoms with Crippen molar-refractivity contribution in [2.45, 2.75) is 6.42 Å². The second-order valence-corrected chi connectivity index (χ2v) is 6.92. The van der Waals surface area contributed by atoms with Crippen LogP contribution in [0, 0.1) is 5.92 Å². The number of nitrogens with zero attached hydrogens (tertiary/aromatic N) is 1. The van der Waals surface area contributed by atoms with Crippen molar-refractivity contribution in [3.63, 3.8) is 0 Å². The lowest BCUT2D eigenvalue weighted by Crippen LogP contribution is -2.31. The van der Waals surface area contributed by atoms with Gasteiger partial charge in [0.1, 0.15) is 18.1 Å². The van der Waals surface area contributed by atoms with Gasteiger partial charge in [-0.2, -0.15) is 0 Å². The first kappa shape index (κ1) is 16.6. The van der Waals surface area contributed by atoms with Crippen LogP contribution >= 0.6 is 0 Å². The Morgan fingerprint density at radius 1 is 1.27 bits per heavy atom. The summed E-state index contributed by atoms with van der Waals surface area (Å²) in [5, 5.41) is 5.01. The Hall–Kier alpha value is -1.80. The minimum Gasteiger partial charge on any atom is -0.497 e. The molecule has 2 rings (SSSR count). The normalized spacial score (nSPS) is 18.5. The third-order valence-electron chi connectivity index (χ3n) is 3.45. The number of likely N-dealkylation sites (tertiary alicyclic amines) is 1. The molecule has 0 aliphatic carbocycles. The fourth-order valence-electron chi connectivity index (χ4n) is 2.46. The standard InChI is InChI=1S/C14H20N2O5S/c1-20-12-2-4-13(5-3-12)21-7-6-16-9-11(8-14(16)17)10-22(15,18)19/h2-5,11H,6-10H2,1H3,(H2,15,18,19). The van der Waals surface area contributed by atoms with Gasteiger partial charge in [-0.1, -0.05) is 0 Å². The number of methoxy groups -OCH3 is 1. The van der Waals surface area contributed by atoms with Crippen LogP contribution in [0.25, 0.3) is 0 Å². The van der Waals surface area contributed by atoms with Gasteiger partial charge in [0.15, 0.2) is 0 Å². The zero-order valence-electron chi connectivity index (χ0n) is 12.4. The molecule has 0 radical (unpaired) electrons. The number of hydrogen-bond acceptors (Lipinski definition) is 5. The van der Waals surface area contributed by atoms with Crippen LogP contribution in [-0.2, 0) is 14.8 Å². The Morgan fingerprint density at radius 2 is 1.91 bits per heavy atom. The molecule has 0 bridgehead atoms. The molecule has 1 aromatic carbocycles. The molecule has 0 spiro atoms. The second kappa shape index (κ2) is 6.97. The number of amides is 1. The molecule has 1 amide bonds. The lowest BCUT2D eigenvalue weighted by Gasteiger charge is -2.17. The average Bonchev–Trinajstić information content (AvgIpc) is 2.77. The van der Waals surface area contributed by atoms with Crippen LogP contribution in [0.3, 0.4) is 0 Å². The van der Waals surface area contributed by atoms with Gasteiger partial charge >= 0.3 is 0 Å². The molecule has 2 N–H and O–H groups in total. The molecule has 1 aliphatic rings. The summed E-state index contributed by atoms with van der Waals surface area (Å²) in [6.07, 6.45) is 0.221. The Labute approximate surface area is 130 Å². The second-order valence-electron chi connectivity index (χ2n) is 5.26. The predicted molar refractivity (Wildman–Crippen MR) is 81.2 cm³/mol. The molecule has 1 unspecified atom stereocenters. The third-order valence-corrected chi connectivity index (χ3v) is 4.39. The van der Waals surface area contributed by atoms with E-state index in [9.17, 15) is 13.2 Å². The molecule has 1 saturated heterocycles. The van der Waals surface area contributed by atoms with Gasteiger partial charge in [0.2, 0.25) is 15.9 Å². The van der Waals surface area contributed by atoms with E-state index < -0.39 is 10.0 Å². The minimum absolute atomic E-state index is 0.0630. The van der Waals surface area contributed by atoms with Gasteiger partial charge < -0.3 is 14.4 Å². The molecule has 22 heavy (non-hydrogen) atoms. The number of benzene rings is 1. The van der Waals surface area contributed by atoms with Crippen molar-refractivity contribution in [2.75, 3.05) is 32.6 Å². The average molecular weight is 328 g/mol. The lowest BCUT2D eigenvalue weighted by molar-refractivity contribution is -0.128. The van der Waals surface area contributed by atoms with E-state index in [0.717, 1.165) is 5.75 Å². The minimum atomic E-state index is -3.55. The van der Waals surface area contributed by atoms with E-state index >= 15 is 0 Å². The van der Waals surface area contributed by atoms with Crippen molar-refractivity contribution in [3.8, 4) is 11.5 Å². The number of hydrogen-bond donors (Lipinski definition) is 1. The van der Waals surface area contributed by atoms with Crippen molar-refractivity contribution in [1.82, 2.24) is 4.90 Å². The molecule has 1 heterocycles. The summed E-state index contributed by atoms with van der Waals surface area (Å²) in [4.78, 5) is 13.4. The van der Waals surface area contributed by atoms with E-state index in [1.807, 2.05) is 0 Å². The Morgan fingerprint density at radius 3 is 2.50 bits per heavy atom. The highest BCUT2D eigenvalue weighted by molar-refractivity contribution is 7.89. The highest BCUT2D eigenvalue weighted by atomic mass is 32.2. The number of carbonyl (C=O) groups excluding carboxylic acids is 1. The maximum absolute atomic E-state index is 11.8. The fourth-order valence-corrected chi connectivity index (χ4v) is 3.34. The van der Waals surface area contributed by atoms with Crippen LogP contribution in [0.2, 0.25) is 0 Å². The first-order valence-electron chi connectivity index (χ1n) is 6.92. The topological polar surface area (TPSA) is 98.9 Å². The highest BCUT2D eigenvalue weighted by Gasteiger charge is 2.31. The van der Waals surface area contributed by atoms with Gasteiger partial charge in [0.25, 0.3) is 0 Å². The maximum Gasteiger partial charge on any atom is 0.223 e. The molecular weight excluding hydrogens is 308 g/mol. The molecule has 1 aliphatic heterocycles. The van der Waals surface area contributed by atoms with E-state index in [4.69, 9.17) is 14.6 Å².